The summed E-state index contributed by atoms with van der Waals surface area (Å²) >= 11 is 0. The number of para-hydroxylation sites is 1. The fourth-order valence-electron chi connectivity index (χ4n) is 8.24. The molecule has 0 fully saturated rings. The second-order valence-corrected chi connectivity index (χ2v) is 13.8. The first-order chi connectivity index (χ1) is 25.0. The zero-order valence-corrected chi connectivity index (χ0v) is 29.1. The molecule has 0 saturated carbocycles. The Balaban J connectivity index is 1.28. The molecule has 0 unspecified atom stereocenters. The average Bonchev–Trinajstić information content (AvgIpc) is 3.64. The number of nitrogens with zero attached hydrogens (tertiary/aromatic N) is 3. The SMILES string of the molecule is C=CC1=C(/C=C\C)C(C)(C)c2c1c1ccccc1c1c2c2ccccc2n1-c1ccc(-c2cc(-c3ccccc3)nc(-c3ccccc3)c2)cn1. The summed E-state index contributed by atoms with van der Waals surface area (Å²) in [4.78, 5) is 10.3. The summed E-state index contributed by atoms with van der Waals surface area (Å²) in [5, 5.41) is 4.96. The first-order valence-electron chi connectivity index (χ1n) is 17.6. The van der Waals surface area contributed by atoms with Crippen LogP contribution in [0.25, 0.3) is 77.6 Å². The number of hydrogen-bond donors (Lipinski definition) is 0. The first-order valence-corrected chi connectivity index (χ1v) is 17.6. The van der Waals surface area contributed by atoms with Gasteiger partial charge in [0, 0.05) is 44.5 Å². The van der Waals surface area contributed by atoms with Crippen LogP contribution in [0.1, 0.15) is 31.9 Å². The minimum absolute atomic E-state index is 0.228. The summed E-state index contributed by atoms with van der Waals surface area (Å²) in [7, 11) is 0. The van der Waals surface area contributed by atoms with Gasteiger partial charge in [-0.25, -0.2) is 9.97 Å². The number of allylic oxidation sites excluding steroid dienone is 5. The number of hydrogen-bond acceptors (Lipinski definition) is 2. The molecule has 5 aromatic carbocycles. The van der Waals surface area contributed by atoms with E-state index in [0.29, 0.717) is 0 Å². The zero-order valence-electron chi connectivity index (χ0n) is 29.1. The van der Waals surface area contributed by atoms with Crippen molar-refractivity contribution < 1.29 is 0 Å². The Bertz CT molecular complexity index is 2650. The lowest BCUT2D eigenvalue weighted by atomic mass is 9.78. The van der Waals surface area contributed by atoms with Crippen LogP contribution < -0.4 is 0 Å². The maximum atomic E-state index is 5.22. The molecule has 0 bridgehead atoms. The number of benzene rings is 5. The largest absolute Gasteiger partial charge is 0.293 e. The average molecular weight is 656 g/mol. The van der Waals surface area contributed by atoms with Gasteiger partial charge in [-0.2, -0.15) is 0 Å². The topological polar surface area (TPSA) is 30.7 Å². The predicted molar refractivity (Wildman–Crippen MR) is 215 cm³/mol. The van der Waals surface area contributed by atoms with Crippen LogP contribution in [0.15, 0.2) is 170 Å². The fraction of sp³-hybridized carbons (Fsp3) is 0.0833. The third-order valence-electron chi connectivity index (χ3n) is 10.5. The maximum absolute atomic E-state index is 5.22. The third-order valence-corrected chi connectivity index (χ3v) is 10.5. The molecule has 3 heterocycles. The smallest absolute Gasteiger partial charge is 0.137 e. The highest BCUT2D eigenvalue weighted by Gasteiger charge is 2.40. The molecular formula is C48H37N3. The molecule has 8 aromatic rings. The lowest BCUT2D eigenvalue weighted by Crippen LogP contribution is -2.17. The van der Waals surface area contributed by atoms with Crippen molar-refractivity contribution >= 4 is 38.2 Å². The van der Waals surface area contributed by atoms with Crippen LogP contribution in [0, 0.1) is 0 Å². The standard InChI is InChI=1S/C48H37N3/c1-5-17-39-35(6-2)44-36-22-13-14-23-37(36)47-45(46(44)48(39,3)4)38-24-15-16-25-42(38)51(47)43-27-26-33(30-49-43)34-28-40(31-18-9-7-10-19-31)50-41(29-34)32-20-11-8-12-21-32/h5-30H,2H2,1,3-4H3/b17-5-. The minimum atomic E-state index is -0.228. The van der Waals surface area contributed by atoms with Crippen LogP contribution in [0.2, 0.25) is 0 Å². The van der Waals surface area contributed by atoms with Crippen molar-refractivity contribution in [1.29, 1.82) is 0 Å². The molecule has 1 aliphatic carbocycles. The van der Waals surface area contributed by atoms with Crippen LogP contribution in [-0.4, -0.2) is 14.5 Å². The Morgan fingerprint density at radius 1 is 0.647 bits per heavy atom. The van der Waals surface area contributed by atoms with Crippen molar-refractivity contribution in [3.63, 3.8) is 0 Å². The molecule has 0 amide bonds. The van der Waals surface area contributed by atoms with E-state index in [9.17, 15) is 0 Å². The zero-order chi connectivity index (χ0) is 34.7. The molecule has 3 heteroatoms. The van der Waals surface area contributed by atoms with E-state index in [4.69, 9.17) is 9.97 Å². The summed E-state index contributed by atoms with van der Waals surface area (Å²) in [6.07, 6.45) is 8.47. The summed E-state index contributed by atoms with van der Waals surface area (Å²) in [6, 6.07) is 47.1. The third kappa shape index (κ3) is 4.73. The van der Waals surface area contributed by atoms with Gasteiger partial charge in [-0.15, -0.1) is 0 Å². The minimum Gasteiger partial charge on any atom is -0.293 e. The van der Waals surface area contributed by atoms with Crippen LogP contribution in [-0.2, 0) is 5.41 Å². The van der Waals surface area contributed by atoms with Gasteiger partial charge < -0.3 is 0 Å². The van der Waals surface area contributed by atoms with E-state index in [1.165, 1.54) is 49.3 Å². The van der Waals surface area contributed by atoms with Crippen molar-refractivity contribution in [1.82, 2.24) is 14.5 Å². The molecular weight excluding hydrogens is 619 g/mol. The quantitative estimate of drug-likeness (QED) is 0.178. The molecule has 0 saturated heterocycles. The molecule has 9 rings (SSSR count). The van der Waals surface area contributed by atoms with Crippen LogP contribution in [0.3, 0.4) is 0 Å². The molecule has 0 spiro atoms. The van der Waals surface area contributed by atoms with Gasteiger partial charge in [-0.3, -0.25) is 4.57 Å². The molecule has 1 aliphatic rings. The Labute approximate surface area is 298 Å². The van der Waals surface area contributed by atoms with E-state index < -0.39 is 0 Å². The number of pyridine rings is 2. The highest BCUT2D eigenvalue weighted by atomic mass is 15.1. The number of fused-ring (bicyclic) bond motifs is 8. The van der Waals surface area contributed by atoms with Crippen molar-refractivity contribution in [2.45, 2.75) is 26.2 Å². The van der Waals surface area contributed by atoms with E-state index >= 15 is 0 Å². The molecule has 0 radical (unpaired) electrons. The van der Waals surface area contributed by atoms with Gasteiger partial charge in [-0.1, -0.05) is 142 Å². The molecule has 3 nitrogen and oxygen atoms in total. The number of rotatable bonds is 6. The number of aromatic nitrogens is 3. The molecule has 0 aliphatic heterocycles. The van der Waals surface area contributed by atoms with Gasteiger partial charge in [0.15, 0.2) is 0 Å². The van der Waals surface area contributed by atoms with E-state index in [-0.39, 0.29) is 5.41 Å². The molecule has 3 aromatic heterocycles. The second kappa shape index (κ2) is 11.9. The van der Waals surface area contributed by atoms with Gasteiger partial charge >= 0.3 is 0 Å². The van der Waals surface area contributed by atoms with E-state index in [1.807, 2.05) is 24.4 Å². The fourth-order valence-corrected chi connectivity index (χ4v) is 8.24. The molecule has 51 heavy (non-hydrogen) atoms. The van der Waals surface area contributed by atoms with Gasteiger partial charge in [0.25, 0.3) is 0 Å². The Morgan fingerprint density at radius 3 is 1.86 bits per heavy atom. The summed E-state index contributed by atoms with van der Waals surface area (Å²) in [5.41, 5.74) is 13.4. The van der Waals surface area contributed by atoms with Gasteiger partial charge in [0.1, 0.15) is 5.82 Å². The molecule has 0 N–H and O–H groups in total. The second-order valence-electron chi connectivity index (χ2n) is 13.8. The lowest BCUT2D eigenvalue weighted by Gasteiger charge is -2.25. The summed E-state index contributed by atoms with van der Waals surface area (Å²) < 4.78 is 2.37. The van der Waals surface area contributed by atoms with E-state index in [1.54, 1.807) is 0 Å². The monoisotopic (exact) mass is 655 g/mol. The predicted octanol–water partition coefficient (Wildman–Crippen LogP) is 12.5. The molecule has 244 valence electrons. The summed E-state index contributed by atoms with van der Waals surface area (Å²) in [5.74, 6) is 0.886. The van der Waals surface area contributed by atoms with Gasteiger partial charge in [0.05, 0.1) is 22.4 Å². The summed E-state index contributed by atoms with van der Waals surface area (Å²) in [6.45, 7) is 11.1. The lowest BCUT2D eigenvalue weighted by molar-refractivity contribution is 0.661. The van der Waals surface area contributed by atoms with Crippen molar-refractivity contribution in [2.75, 3.05) is 0 Å². The Kier molecular flexibility index (Phi) is 7.18. The maximum Gasteiger partial charge on any atom is 0.137 e. The van der Waals surface area contributed by atoms with Crippen molar-refractivity contribution in [3.05, 3.63) is 181 Å². The highest BCUT2D eigenvalue weighted by Crippen LogP contribution is 2.55. The van der Waals surface area contributed by atoms with Crippen LogP contribution in [0.5, 0.6) is 0 Å². The molecule has 0 atom stereocenters. The van der Waals surface area contributed by atoms with Crippen LogP contribution in [0.4, 0.5) is 0 Å². The van der Waals surface area contributed by atoms with E-state index in [0.717, 1.165) is 45.0 Å². The Morgan fingerprint density at radius 2 is 1.25 bits per heavy atom. The van der Waals surface area contributed by atoms with Crippen LogP contribution >= 0.6 is 0 Å². The Hall–Kier alpha value is -6.32. The van der Waals surface area contributed by atoms with Gasteiger partial charge in [0.2, 0.25) is 0 Å². The van der Waals surface area contributed by atoms with Gasteiger partial charge in [-0.05, 0) is 70.5 Å². The van der Waals surface area contributed by atoms with E-state index in [2.05, 4.69) is 165 Å². The van der Waals surface area contributed by atoms with Crippen molar-refractivity contribution in [3.8, 4) is 39.5 Å². The van der Waals surface area contributed by atoms with Crippen molar-refractivity contribution in [2.24, 2.45) is 0 Å². The normalized spacial score (nSPS) is 13.9. The highest BCUT2D eigenvalue weighted by molar-refractivity contribution is 6.24. The first kappa shape index (κ1) is 30.7.